The Kier molecular flexibility index (Phi) is 7.16. The van der Waals surface area contributed by atoms with Gasteiger partial charge in [0.2, 0.25) is 0 Å². The summed E-state index contributed by atoms with van der Waals surface area (Å²) in [6.45, 7) is 0.656. The van der Waals surface area contributed by atoms with E-state index in [9.17, 15) is 24.3 Å². The molecule has 0 spiro atoms. The van der Waals surface area contributed by atoms with Gasteiger partial charge in [-0.1, -0.05) is 12.1 Å². The standard InChI is InChI=1S/C18H22N2O4.C6H8O7/c1-19-12-7-10(18(21)22)16(19)11-6-9-4-3-5-14(23-2)15(9)13-8-24-17(12)20(11)13;7-3(8)1-6(13,5(11)12)2-4(9)10/h3-5,10-13,16-17H,6-8H2,1-2H3,(H,21,22);13H,1-2H2,(H,7,8)(H,9,10)(H,11,12)/t10-,11+,12+,13+,16-,17-;/m1./s1. The summed E-state index contributed by atoms with van der Waals surface area (Å²) in [5.74, 6) is -5.09. The van der Waals surface area contributed by atoms with E-state index in [-0.39, 0.29) is 36.3 Å². The second kappa shape index (κ2) is 9.89. The summed E-state index contributed by atoms with van der Waals surface area (Å²) >= 11 is 0. The predicted octanol–water partition coefficient (Wildman–Crippen LogP) is -0.142. The Balaban J connectivity index is 0.000000212. The summed E-state index contributed by atoms with van der Waals surface area (Å²) < 4.78 is 11.8. The van der Waals surface area contributed by atoms with Crippen molar-refractivity contribution in [3.63, 3.8) is 0 Å². The molecule has 13 heteroatoms. The van der Waals surface area contributed by atoms with Gasteiger partial charge in [0.1, 0.15) is 12.0 Å². The van der Waals surface area contributed by atoms with Gasteiger partial charge in [0.05, 0.1) is 44.6 Å². The highest BCUT2D eigenvalue weighted by molar-refractivity contribution is 5.88. The monoisotopic (exact) mass is 522 g/mol. The van der Waals surface area contributed by atoms with Gasteiger partial charge in [0.25, 0.3) is 0 Å². The minimum Gasteiger partial charge on any atom is -0.496 e. The van der Waals surface area contributed by atoms with Crippen LogP contribution in [0.3, 0.4) is 0 Å². The van der Waals surface area contributed by atoms with E-state index in [1.807, 2.05) is 12.1 Å². The summed E-state index contributed by atoms with van der Waals surface area (Å²) in [7, 11) is 3.77. The number of rotatable bonds is 7. The molecule has 37 heavy (non-hydrogen) atoms. The third-order valence-electron chi connectivity index (χ3n) is 7.83. The van der Waals surface area contributed by atoms with E-state index < -0.39 is 42.3 Å². The second-order valence-corrected chi connectivity index (χ2v) is 9.87. The smallest absolute Gasteiger partial charge is 0.336 e. The van der Waals surface area contributed by atoms with Crippen molar-refractivity contribution < 1.29 is 54.2 Å². The van der Waals surface area contributed by atoms with Gasteiger partial charge in [-0.05, 0) is 31.5 Å². The number of fused-ring (bicyclic) bond motifs is 6. The molecule has 202 valence electrons. The molecule has 2 bridgehead atoms. The predicted molar refractivity (Wildman–Crippen MR) is 123 cm³/mol. The maximum Gasteiger partial charge on any atom is 0.336 e. The zero-order chi connectivity index (χ0) is 27.2. The maximum atomic E-state index is 11.8. The van der Waals surface area contributed by atoms with Crippen molar-refractivity contribution in [2.45, 2.75) is 61.7 Å². The first-order valence-electron chi connectivity index (χ1n) is 11.8. The number of carboxylic acids is 4. The van der Waals surface area contributed by atoms with Crippen LogP contribution in [0.1, 0.15) is 36.4 Å². The molecule has 6 atom stereocenters. The van der Waals surface area contributed by atoms with Crippen molar-refractivity contribution in [1.82, 2.24) is 9.80 Å². The number of hydrogen-bond donors (Lipinski definition) is 5. The summed E-state index contributed by atoms with van der Waals surface area (Å²) in [4.78, 5) is 47.0. The fraction of sp³-hybridized carbons (Fsp3) is 0.583. The molecule has 3 fully saturated rings. The van der Waals surface area contributed by atoms with Gasteiger partial charge in [-0.25, -0.2) is 4.79 Å². The number of nitrogens with zero attached hydrogens (tertiary/aromatic N) is 2. The fourth-order valence-corrected chi connectivity index (χ4v) is 6.34. The number of benzene rings is 1. The van der Waals surface area contributed by atoms with Crippen molar-refractivity contribution in [3.05, 3.63) is 29.3 Å². The first kappa shape index (κ1) is 26.8. The molecule has 3 saturated heterocycles. The zero-order valence-corrected chi connectivity index (χ0v) is 20.3. The van der Waals surface area contributed by atoms with Crippen LogP contribution in [0.4, 0.5) is 0 Å². The number of hydrogen-bond acceptors (Lipinski definition) is 9. The quantitative estimate of drug-likeness (QED) is 0.318. The molecule has 0 radical (unpaired) electrons. The highest BCUT2D eigenvalue weighted by Gasteiger charge is 2.62. The molecular formula is C24H30N2O11. The number of carbonyl (C=O) groups is 4. The highest BCUT2D eigenvalue weighted by atomic mass is 16.5. The van der Waals surface area contributed by atoms with E-state index in [2.05, 4.69) is 22.9 Å². The van der Waals surface area contributed by atoms with E-state index >= 15 is 0 Å². The minimum absolute atomic E-state index is 0.0105. The summed E-state index contributed by atoms with van der Waals surface area (Å²) in [6.07, 6.45) is -0.768. The lowest BCUT2D eigenvalue weighted by atomic mass is 9.82. The van der Waals surface area contributed by atoms with Crippen molar-refractivity contribution >= 4 is 23.9 Å². The fourth-order valence-electron chi connectivity index (χ4n) is 6.34. The normalized spacial score (nSPS) is 29.9. The third kappa shape index (κ3) is 4.63. The van der Waals surface area contributed by atoms with Crippen molar-refractivity contribution in [3.8, 4) is 5.75 Å². The van der Waals surface area contributed by atoms with Crippen LogP contribution in [0.15, 0.2) is 18.2 Å². The van der Waals surface area contributed by atoms with Gasteiger partial charge >= 0.3 is 23.9 Å². The Labute approximate surface area is 211 Å². The number of aliphatic carboxylic acids is 4. The third-order valence-corrected chi connectivity index (χ3v) is 7.83. The van der Waals surface area contributed by atoms with E-state index in [4.69, 9.17) is 29.9 Å². The lowest BCUT2D eigenvalue weighted by Gasteiger charge is -2.51. The van der Waals surface area contributed by atoms with Crippen LogP contribution < -0.4 is 4.74 Å². The van der Waals surface area contributed by atoms with E-state index in [0.717, 1.165) is 12.2 Å². The molecule has 4 aliphatic rings. The molecule has 1 aromatic carbocycles. The molecule has 5 rings (SSSR count). The topological polar surface area (TPSA) is 194 Å². The molecule has 0 aliphatic carbocycles. The Morgan fingerprint density at radius 3 is 2.27 bits per heavy atom. The van der Waals surface area contributed by atoms with Gasteiger partial charge in [0.15, 0.2) is 5.60 Å². The average molecular weight is 523 g/mol. The SMILES string of the molecule is COc1cccc2c1[C@@H]1CO[C@@H]3[C@@H]4C[C@@H](C(=O)O)[C@H]([C@H](C2)N31)N4C.O=C(O)CC(O)(CC(=O)O)C(=O)O. The van der Waals surface area contributed by atoms with Crippen molar-refractivity contribution in [1.29, 1.82) is 0 Å². The number of piperazine rings is 1. The van der Waals surface area contributed by atoms with Crippen LogP contribution >= 0.6 is 0 Å². The summed E-state index contributed by atoms with van der Waals surface area (Å²) in [5, 5.41) is 43.5. The maximum absolute atomic E-state index is 11.8. The van der Waals surface area contributed by atoms with Gasteiger partial charge in [-0.2, -0.15) is 0 Å². The van der Waals surface area contributed by atoms with E-state index in [1.54, 1.807) is 7.11 Å². The Hall–Kier alpha value is -3.26. The van der Waals surface area contributed by atoms with Crippen LogP contribution in [0.2, 0.25) is 0 Å². The Morgan fingerprint density at radius 1 is 1.08 bits per heavy atom. The molecule has 0 saturated carbocycles. The molecule has 4 heterocycles. The van der Waals surface area contributed by atoms with Crippen LogP contribution in [0.5, 0.6) is 5.75 Å². The Bertz CT molecular complexity index is 1090. The molecule has 0 aromatic heterocycles. The van der Waals surface area contributed by atoms with Crippen LogP contribution in [-0.2, 0) is 30.3 Å². The number of aliphatic hydroxyl groups is 1. The minimum atomic E-state index is -2.74. The summed E-state index contributed by atoms with van der Waals surface area (Å²) in [6, 6.07) is 6.76. The summed E-state index contributed by atoms with van der Waals surface area (Å²) in [5.41, 5.74) is -0.236. The lowest BCUT2D eigenvalue weighted by molar-refractivity contribution is -0.170. The zero-order valence-electron chi connectivity index (χ0n) is 20.3. The Morgan fingerprint density at radius 2 is 1.73 bits per heavy atom. The molecule has 13 nitrogen and oxygen atoms in total. The molecular weight excluding hydrogens is 492 g/mol. The molecule has 1 aromatic rings. The van der Waals surface area contributed by atoms with Crippen LogP contribution in [0, 0.1) is 5.92 Å². The molecule has 5 N–H and O–H groups in total. The molecule has 4 aliphatic heterocycles. The van der Waals surface area contributed by atoms with E-state index in [1.165, 1.54) is 11.1 Å². The highest BCUT2D eigenvalue weighted by Crippen LogP contribution is 2.52. The lowest BCUT2D eigenvalue weighted by Crippen LogP contribution is -2.64. The van der Waals surface area contributed by atoms with Crippen LogP contribution in [-0.4, -0.2) is 110 Å². The average Bonchev–Trinajstić information content (AvgIpc) is 3.34. The van der Waals surface area contributed by atoms with Crippen LogP contribution in [0.25, 0.3) is 0 Å². The largest absolute Gasteiger partial charge is 0.496 e. The first-order chi connectivity index (χ1) is 17.4. The van der Waals surface area contributed by atoms with Gasteiger partial charge in [-0.3, -0.25) is 24.2 Å². The molecule has 0 amide bonds. The van der Waals surface area contributed by atoms with Gasteiger partial charge in [-0.15, -0.1) is 0 Å². The number of carboxylic acid groups (broad SMARTS) is 4. The van der Waals surface area contributed by atoms with Gasteiger partial charge < -0.3 is 35.0 Å². The molecule has 0 unspecified atom stereocenters. The van der Waals surface area contributed by atoms with Gasteiger partial charge in [0, 0.05) is 17.6 Å². The number of ether oxygens (including phenoxy) is 2. The van der Waals surface area contributed by atoms with E-state index in [0.29, 0.717) is 13.0 Å². The number of likely N-dealkylation sites (N-methyl/N-ethyl adjacent to an activating group) is 1. The van der Waals surface area contributed by atoms with Crippen molar-refractivity contribution in [2.75, 3.05) is 20.8 Å². The number of methoxy groups -OCH3 is 1. The second-order valence-electron chi connectivity index (χ2n) is 9.87. The van der Waals surface area contributed by atoms with Crippen molar-refractivity contribution in [2.24, 2.45) is 5.92 Å². The first-order valence-corrected chi connectivity index (χ1v) is 11.8.